The Kier molecular flexibility index (Phi) is 5.21. The van der Waals surface area contributed by atoms with Crippen molar-refractivity contribution >= 4 is 0 Å². The van der Waals surface area contributed by atoms with Gasteiger partial charge in [0.1, 0.15) is 0 Å². The molecular weight excluding hydrogens is 276 g/mol. The molecule has 0 saturated carbocycles. The largest absolute Gasteiger partial charge is 0.383 e. The van der Waals surface area contributed by atoms with Crippen LogP contribution < -0.4 is 0 Å². The lowest BCUT2D eigenvalue weighted by molar-refractivity contribution is 0.0932. The number of methoxy groups -OCH3 is 1. The van der Waals surface area contributed by atoms with Crippen LogP contribution in [0.15, 0.2) is 36.4 Å². The van der Waals surface area contributed by atoms with E-state index < -0.39 is 0 Å². The zero-order valence-electron chi connectivity index (χ0n) is 13.2. The van der Waals surface area contributed by atoms with Crippen molar-refractivity contribution in [3.63, 3.8) is 0 Å². The fourth-order valence-electron chi connectivity index (χ4n) is 2.83. The molecule has 0 atom stereocenters. The van der Waals surface area contributed by atoms with Gasteiger partial charge in [-0.2, -0.15) is 5.10 Å². The van der Waals surface area contributed by atoms with Crippen LogP contribution in [0, 0.1) is 0 Å². The number of hydrogen-bond donors (Lipinski definition) is 1. The van der Waals surface area contributed by atoms with E-state index in [4.69, 9.17) is 4.74 Å². The number of nitrogens with zero attached hydrogens (tertiary/aromatic N) is 3. The van der Waals surface area contributed by atoms with Gasteiger partial charge in [0.2, 0.25) is 0 Å². The molecule has 1 aliphatic rings. The summed E-state index contributed by atoms with van der Waals surface area (Å²) in [5.74, 6) is 0. The molecule has 1 aromatic carbocycles. The van der Waals surface area contributed by atoms with E-state index >= 15 is 0 Å². The SMILES string of the molecule is COCCN1CCN(Cc2cc(-c3ccccc3)n[nH]2)CC1. The van der Waals surface area contributed by atoms with Gasteiger partial charge >= 0.3 is 0 Å². The molecule has 22 heavy (non-hydrogen) atoms. The standard InChI is InChI=1S/C17H24N4O/c1-22-12-11-20-7-9-21(10-8-20)14-16-13-17(19-18-16)15-5-3-2-4-6-15/h2-6,13H,7-12,14H2,1H3,(H,18,19). The molecule has 1 N–H and O–H groups in total. The average molecular weight is 300 g/mol. The van der Waals surface area contributed by atoms with E-state index in [9.17, 15) is 0 Å². The highest BCUT2D eigenvalue weighted by Gasteiger charge is 2.17. The molecule has 0 radical (unpaired) electrons. The van der Waals surface area contributed by atoms with E-state index in [0.29, 0.717) is 0 Å². The van der Waals surface area contributed by atoms with Crippen LogP contribution in [0.2, 0.25) is 0 Å². The molecule has 1 saturated heterocycles. The summed E-state index contributed by atoms with van der Waals surface area (Å²) in [5, 5.41) is 7.60. The van der Waals surface area contributed by atoms with Crippen molar-refractivity contribution in [3.05, 3.63) is 42.1 Å². The van der Waals surface area contributed by atoms with Gasteiger partial charge in [-0.3, -0.25) is 14.9 Å². The number of H-pyrrole nitrogens is 1. The van der Waals surface area contributed by atoms with Crippen LogP contribution in [0.3, 0.4) is 0 Å². The van der Waals surface area contributed by atoms with Gasteiger partial charge in [0.05, 0.1) is 12.3 Å². The number of nitrogens with one attached hydrogen (secondary N) is 1. The third-order valence-corrected chi connectivity index (χ3v) is 4.17. The summed E-state index contributed by atoms with van der Waals surface area (Å²) >= 11 is 0. The van der Waals surface area contributed by atoms with Gasteiger partial charge in [0.15, 0.2) is 0 Å². The first-order valence-electron chi connectivity index (χ1n) is 7.88. The number of ether oxygens (including phenoxy) is 1. The molecule has 0 aliphatic carbocycles. The fourth-order valence-corrected chi connectivity index (χ4v) is 2.83. The zero-order valence-corrected chi connectivity index (χ0v) is 13.2. The molecule has 118 valence electrons. The predicted octanol–water partition coefficient (Wildman–Crippen LogP) is 1.84. The van der Waals surface area contributed by atoms with Crippen molar-refractivity contribution in [2.45, 2.75) is 6.54 Å². The normalized spacial score (nSPS) is 17.0. The van der Waals surface area contributed by atoms with Crippen molar-refractivity contribution in [2.75, 3.05) is 46.4 Å². The summed E-state index contributed by atoms with van der Waals surface area (Å²) in [7, 11) is 1.76. The summed E-state index contributed by atoms with van der Waals surface area (Å²) in [4.78, 5) is 4.94. The van der Waals surface area contributed by atoms with Crippen LogP contribution in [-0.2, 0) is 11.3 Å². The molecule has 2 heterocycles. The lowest BCUT2D eigenvalue weighted by atomic mass is 10.1. The fraction of sp³-hybridized carbons (Fsp3) is 0.471. The van der Waals surface area contributed by atoms with Gasteiger partial charge in [0.25, 0.3) is 0 Å². The molecule has 0 unspecified atom stereocenters. The Morgan fingerprint density at radius 1 is 1.09 bits per heavy atom. The van der Waals surface area contributed by atoms with Gasteiger partial charge in [0, 0.05) is 57.6 Å². The van der Waals surface area contributed by atoms with Crippen LogP contribution in [0.1, 0.15) is 5.69 Å². The van der Waals surface area contributed by atoms with Gasteiger partial charge in [-0.25, -0.2) is 0 Å². The molecule has 0 bridgehead atoms. The smallest absolute Gasteiger partial charge is 0.0924 e. The lowest BCUT2D eigenvalue weighted by Crippen LogP contribution is -2.46. The summed E-state index contributed by atoms with van der Waals surface area (Å²) in [5.41, 5.74) is 3.37. The van der Waals surface area contributed by atoms with Gasteiger partial charge in [-0.05, 0) is 6.07 Å². The first-order valence-corrected chi connectivity index (χ1v) is 7.88. The summed E-state index contributed by atoms with van der Waals surface area (Å²) in [6.07, 6.45) is 0. The van der Waals surface area contributed by atoms with E-state index in [1.165, 1.54) is 5.69 Å². The molecule has 3 rings (SSSR count). The maximum atomic E-state index is 5.14. The molecule has 0 spiro atoms. The molecule has 1 aromatic heterocycles. The molecule has 5 heteroatoms. The third kappa shape index (κ3) is 3.94. The number of piperazine rings is 1. The van der Waals surface area contributed by atoms with Gasteiger partial charge in [-0.1, -0.05) is 30.3 Å². The second kappa shape index (κ2) is 7.54. The highest BCUT2D eigenvalue weighted by Crippen LogP contribution is 2.18. The van der Waals surface area contributed by atoms with Crippen LogP contribution in [-0.4, -0.2) is 66.4 Å². The third-order valence-electron chi connectivity index (χ3n) is 4.17. The van der Waals surface area contributed by atoms with Crippen molar-refractivity contribution in [1.29, 1.82) is 0 Å². The van der Waals surface area contributed by atoms with Crippen molar-refractivity contribution < 1.29 is 4.74 Å². The number of rotatable bonds is 6. The lowest BCUT2D eigenvalue weighted by Gasteiger charge is -2.34. The summed E-state index contributed by atoms with van der Waals surface area (Å²) < 4.78 is 5.14. The predicted molar refractivity (Wildman–Crippen MR) is 87.6 cm³/mol. The van der Waals surface area contributed by atoms with E-state index in [-0.39, 0.29) is 0 Å². The Morgan fingerprint density at radius 3 is 2.55 bits per heavy atom. The van der Waals surface area contributed by atoms with Crippen molar-refractivity contribution in [1.82, 2.24) is 20.0 Å². The number of benzene rings is 1. The summed E-state index contributed by atoms with van der Waals surface area (Å²) in [6.45, 7) is 7.23. The Balaban J connectivity index is 1.51. The first kappa shape index (κ1) is 15.2. The number of aromatic amines is 1. The molecule has 1 aliphatic heterocycles. The summed E-state index contributed by atoms with van der Waals surface area (Å²) in [6, 6.07) is 12.5. The Hall–Kier alpha value is -1.69. The van der Waals surface area contributed by atoms with Gasteiger partial charge in [-0.15, -0.1) is 0 Å². The van der Waals surface area contributed by atoms with Crippen LogP contribution in [0.4, 0.5) is 0 Å². The van der Waals surface area contributed by atoms with Crippen LogP contribution >= 0.6 is 0 Å². The number of hydrogen-bond acceptors (Lipinski definition) is 4. The zero-order chi connectivity index (χ0) is 15.2. The maximum Gasteiger partial charge on any atom is 0.0924 e. The minimum absolute atomic E-state index is 0.820. The number of aromatic nitrogens is 2. The van der Waals surface area contributed by atoms with Crippen LogP contribution in [0.25, 0.3) is 11.3 Å². The van der Waals surface area contributed by atoms with Crippen molar-refractivity contribution in [3.8, 4) is 11.3 Å². The Bertz CT molecular complexity index is 561. The average Bonchev–Trinajstić information content (AvgIpc) is 3.04. The second-order valence-electron chi connectivity index (χ2n) is 5.76. The Morgan fingerprint density at radius 2 is 1.82 bits per heavy atom. The van der Waals surface area contributed by atoms with Gasteiger partial charge < -0.3 is 4.74 Å². The maximum absolute atomic E-state index is 5.14. The minimum atomic E-state index is 0.820. The highest BCUT2D eigenvalue weighted by molar-refractivity contribution is 5.58. The highest BCUT2D eigenvalue weighted by atomic mass is 16.5. The minimum Gasteiger partial charge on any atom is -0.383 e. The second-order valence-corrected chi connectivity index (χ2v) is 5.76. The van der Waals surface area contributed by atoms with E-state index in [2.05, 4.69) is 38.2 Å². The molecular formula is C17H24N4O. The quantitative estimate of drug-likeness (QED) is 0.884. The first-order chi connectivity index (χ1) is 10.8. The molecule has 5 nitrogen and oxygen atoms in total. The van der Waals surface area contributed by atoms with Crippen molar-refractivity contribution in [2.24, 2.45) is 0 Å². The van der Waals surface area contributed by atoms with E-state index in [0.717, 1.165) is 57.1 Å². The Labute approximate surface area is 131 Å². The monoisotopic (exact) mass is 300 g/mol. The van der Waals surface area contributed by atoms with Crippen LogP contribution in [0.5, 0.6) is 0 Å². The topological polar surface area (TPSA) is 44.4 Å². The van der Waals surface area contributed by atoms with E-state index in [1.807, 2.05) is 18.2 Å². The van der Waals surface area contributed by atoms with E-state index in [1.54, 1.807) is 7.11 Å². The molecule has 2 aromatic rings. The molecule has 0 amide bonds. The molecule has 1 fully saturated rings.